The van der Waals surface area contributed by atoms with E-state index >= 15 is 0 Å². The zero-order valence-corrected chi connectivity index (χ0v) is 12.7. The van der Waals surface area contributed by atoms with Gasteiger partial charge in [0, 0.05) is 12.2 Å². The van der Waals surface area contributed by atoms with Crippen molar-refractivity contribution in [1.82, 2.24) is 4.72 Å². The molecule has 0 unspecified atom stereocenters. The van der Waals surface area contributed by atoms with Crippen LogP contribution in [0.1, 0.15) is 25.7 Å². The fraction of sp³-hybridized carbons (Fsp3) is 0.500. The van der Waals surface area contributed by atoms with E-state index in [4.69, 9.17) is 28.9 Å². The summed E-state index contributed by atoms with van der Waals surface area (Å²) >= 11 is 11.8. The summed E-state index contributed by atoms with van der Waals surface area (Å²) in [5, 5.41) is 0.0855. The van der Waals surface area contributed by atoms with Gasteiger partial charge in [-0.15, -0.1) is 0 Å². The Labute approximate surface area is 123 Å². The van der Waals surface area contributed by atoms with E-state index in [1.165, 1.54) is 31.4 Å². The second kappa shape index (κ2) is 5.87. The van der Waals surface area contributed by atoms with Crippen molar-refractivity contribution in [2.75, 3.05) is 12.3 Å². The van der Waals surface area contributed by atoms with Gasteiger partial charge in [0.25, 0.3) is 0 Å². The van der Waals surface area contributed by atoms with E-state index < -0.39 is 10.0 Å². The van der Waals surface area contributed by atoms with Crippen LogP contribution in [0.15, 0.2) is 17.0 Å². The van der Waals surface area contributed by atoms with Crippen molar-refractivity contribution in [2.45, 2.75) is 30.6 Å². The van der Waals surface area contributed by atoms with Gasteiger partial charge < -0.3 is 5.73 Å². The number of hydrogen-bond donors (Lipinski definition) is 2. The van der Waals surface area contributed by atoms with Gasteiger partial charge in [-0.25, -0.2) is 13.1 Å². The van der Waals surface area contributed by atoms with Crippen LogP contribution in [0.25, 0.3) is 0 Å². The highest BCUT2D eigenvalue weighted by Crippen LogP contribution is 2.32. The number of benzene rings is 1. The zero-order valence-electron chi connectivity index (χ0n) is 10.3. The molecule has 0 amide bonds. The predicted octanol–water partition coefficient (Wildman–Crippen LogP) is 3.04. The Bertz CT molecular complexity index is 548. The number of nitrogens with one attached hydrogen (secondary N) is 1. The lowest BCUT2D eigenvalue weighted by atomic mass is 9.83. The molecular weight excluding hydrogens is 307 g/mol. The molecule has 106 valence electrons. The van der Waals surface area contributed by atoms with Crippen LogP contribution in [-0.4, -0.2) is 15.0 Å². The van der Waals surface area contributed by atoms with Gasteiger partial charge >= 0.3 is 0 Å². The van der Waals surface area contributed by atoms with Gasteiger partial charge in [-0.2, -0.15) is 0 Å². The molecule has 0 atom stereocenters. The molecule has 0 aliphatic heterocycles. The monoisotopic (exact) mass is 322 g/mol. The molecule has 1 aromatic rings. The minimum atomic E-state index is -3.69. The summed E-state index contributed by atoms with van der Waals surface area (Å²) < 4.78 is 26.8. The quantitative estimate of drug-likeness (QED) is 0.818. The average Bonchev–Trinajstić information content (AvgIpc) is 2.19. The van der Waals surface area contributed by atoms with Gasteiger partial charge in [-0.3, -0.25) is 0 Å². The highest BCUT2D eigenvalue weighted by Gasteiger charge is 2.23. The maximum atomic E-state index is 12.2. The van der Waals surface area contributed by atoms with Gasteiger partial charge in [-0.1, -0.05) is 42.5 Å². The molecule has 0 heterocycles. The molecule has 1 fully saturated rings. The van der Waals surface area contributed by atoms with Crippen molar-refractivity contribution in [3.63, 3.8) is 0 Å². The summed E-state index contributed by atoms with van der Waals surface area (Å²) in [7, 11) is -3.69. The van der Waals surface area contributed by atoms with E-state index in [9.17, 15) is 8.42 Å². The summed E-state index contributed by atoms with van der Waals surface area (Å²) in [6.07, 6.45) is 4.46. The SMILES string of the molecule is Nc1cc(Cl)c(S(=O)(=O)NCCC2CCC2)c(Cl)c1. The van der Waals surface area contributed by atoms with Crippen LogP contribution in [0, 0.1) is 5.92 Å². The largest absolute Gasteiger partial charge is 0.399 e. The standard InChI is InChI=1S/C12H16Cl2N2O2S/c13-10-6-9(15)7-11(14)12(10)19(17,18)16-5-4-8-2-1-3-8/h6-8,16H,1-5,15H2. The molecule has 2 rings (SSSR count). The second-order valence-corrected chi connectivity index (χ2v) is 7.32. The van der Waals surface area contributed by atoms with Crippen molar-refractivity contribution in [1.29, 1.82) is 0 Å². The summed E-state index contributed by atoms with van der Waals surface area (Å²) in [6.45, 7) is 0.407. The Morgan fingerprint density at radius 2 is 1.84 bits per heavy atom. The van der Waals surface area contributed by atoms with Crippen LogP contribution in [0.3, 0.4) is 0 Å². The first kappa shape index (κ1) is 14.9. The van der Waals surface area contributed by atoms with Crippen LogP contribution in [0.4, 0.5) is 5.69 Å². The normalized spacial score (nSPS) is 16.3. The molecule has 1 aliphatic rings. The fourth-order valence-electron chi connectivity index (χ4n) is 2.09. The first-order valence-corrected chi connectivity index (χ1v) is 8.38. The minimum Gasteiger partial charge on any atom is -0.399 e. The molecule has 0 radical (unpaired) electrons. The van der Waals surface area contributed by atoms with Gasteiger partial charge in [0.15, 0.2) is 0 Å². The number of hydrogen-bond acceptors (Lipinski definition) is 3. The number of anilines is 1. The lowest BCUT2D eigenvalue weighted by Gasteiger charge is -2.25. The highest BCUT2D eigenvalue weighted by molar-refractivity contribution is 7.89. The molecule has 4 nitrogen and oxygen atoms in total. The van der Waals surface area contributed by atoms with Crippen LogP contribution < -0.4 is 10.5 Å². The van der Waals surface area contributed by atoms with Crippen molar-refractivity contribution in [3.05, 3.63) is 22.2 Å². The third-order valence-corrected chi connectivity index (χ3v) is 5.74. The molecule has 1 saturated carbocycles. The maximum absolute atomic E-state index is 12.2. The Morgan fingerprint density at radius 1 is 1.26 bits per heavy atom. The third kappa shape index (κ3) is 3.54. The van der Waals surface area contributed by atoms with Gasteiger partial charge in [0.2, 0.25) is 10.0 Å². The van der Waals surface area contributed by atoms with Crippen LogP contribution in [-0.2, 0) is 10.0 Å². The molecule has 3 N–H and O–H groups in total. The number of sulfonamides is 1. The second-order valence-electron chi connectivity index (χ2n) is 4.80. The number of nitrogen functional groups attached to an aromatic ring is 1. The summed E-state index contributed by atoms with van der Waals surface area (Å²) in [6, 6.07) is 2.77. The number of halogens is 2. The van der Waals surface area contributed by atoms with Crippen molar-refractivity contribution in [3.8, 4) is 0 Å². The van der Waals surface area contributed by atoms with Crippen LogP contribution >= 0.6 is 23.2 Å². The molecule has 7 heteroatoms. The average molecular weight is 323 g/mol. The molecule has 0 saturated heterocycles. The first-order chi connectivity index (χ1) is 8.90. The van der Waals surface area contributed by atoms with Gasteiger partial charge in [0.1, 0.15) is 4.90 Å². The molecular formula is C12H16Cl2N2O2S. The van der Waals surface area contributed by atoms with Crippen LogP contribution in [0.5, 0.6) is 0 Å². The Hall–Kier alpha value is -0.490. The van der Waals surface area contributed by atoms with Gasteiger partial charge in [-0.05, 0) is 24.5 Å². The topological polar surface area (TPSA) is 72.2 Å². The lowest BCUT2D eigenvalue weighted by molar-refractivity contribution is 0.297. The summed E-state index contributed by atoms with van der Waals surface area (Å²) in [5.74, 6) is 0.639. The Kier molecular flexibility index (Phi) is 4.61. The summed E-state index contributed by atoms with van der Waals surface area (Å²) in [5.41, 5.74) is 5.89. The first-order valence-electron chi connectivity index (χ1n) is 6.14. The highest BCUT2D eigenvalue weighted by atomic mass is 35.5. The molecule has 0 spiro atoms. The minimum absolute atomic E-state index is 0.0427. The molecule has 0 aromatic heterocycles. The Morgan fingerprint density at radius 3 is 2.32 bits per heavy atom. The van der Waals surface area contributed by atoms with Crippen molar-refractivity contribution in [2.24, 2.45) is 5.92 Å². The van der Waals surface area contributed by atoms with E-state index in [2.05, 4.69) is 4.72 Å². The van der Waals surface area contributed by atoms with Gasteiger partial charge in [0.05, 0.1) is 10.0 Å². The lowest BCUT2D eigenvalue weighted by Crippen LogP contribution is -2.28. The van der Waals surface area contributed by atoms with Crippen LogP contribution in [0.2, 0.25) is 10.0 Å². The number of rotatable bonds is 5. The molecule has 0 bridgehead atoms. The smallest absolute Gasteiger partial charge is 0.243 e. The number of nitrogens with two attached hydrogens (primary N) is 1. The molecule has 1 aromatic carbocycles. The fourth-order valence-corrected chi connectivity index (χ4v) is 4.36. The van der Waals surface area contributed by atoms with E-state index in [0.717, 1.165) is 6.42 Å². The van der Waals surface area contributed by atoms with E-state index in [1.54, 1.807) is 0 Å². The van der Waals surface area contributed by atoms with Crippen molar-refractivity contribution < 1.29 is 8.42 Å². The maximum Gasteiger partial charge on any atom is 0.243 e. The predicted molar refractivity (Wildman–Crippen MR) is 78.0 cm³/mol. The Balaban J connectivity index is 2.10. The summed E-state index contributed by atoms with van der Waals surface area (Å²) in [4.78, 5) is -0.0985. The molecule has 1 aliphatic carbocycles. The van der Waals surface area contributed by atoms with E-state index in [-0.39, 0.29) is 14.9 Å². The third-order valence-electron chi connectivity index (χ3n) is 3.36. The van der Waals surface area contributed by atoms with E-state index in [1.807, 2.05) is 0 Å². The zero-order chi connectivity index (χ0) is 14.0. The molecule has 19 heavy (non-hydrogen) atoms. The van der Waals surface area contributed by atoms with Crippen molar-refractivity contribution >= 4 is 38.9 Å². The van der Waals surface area contributed by atoms with E-state index in [0.29, 0.717) is 18.2 Å².